The molecule has 0 saturated heterocycles. The van der Waals surface area contributed by atoms with Crippen LogP contribution < -0.4 is 0 Å². The molecule has 0 spiro atoms. The maximum Gasteiger partial charge on any atom is 0.167 e. The zero-order valence-electron chi connectivity index (χ0n) is 27.7. The van der Waals surface area contributed by atoms with E-state index >= 15 is 0 Å². The highest BCUT2D eigenvalue weighted by molar-refractivity contribution is 6.17. The van der Waals surface area contributed by atoms with Gasteiger partial charge in [-0.3, -0.25) is 0 Å². The number of hydrogen-bond acceptors (Lipinski definition) is 5. The summed E-state index contributed by atoms with van der Waals surface area (Å²) in [6.45, 7) is 0. The van der Waals surface area contributed by atoms with Gasteiger partial charge < -0.3 is 8.83 Å². The van der Waals surface area contributed by atoms with Gasteiger partial charge in [0.15, 0.2) is 17.5 Å². The fourth-order valence-corrected chi connectivity index (χ4v) is 7.60. The Hall–Kier alpha value is -7.11. The van der Waals surface area contributed by atoms with Crippen LogP contribution in [0.25, 0.3) is 111 Å². The van der Waals surface area contributed by atoms with E-state index in [2.05, 4.69) is 115 Å². The lowest BCUT2D eigenvalue weighted by Gasteiger charge is -2.10. The Balaban J connectivity index is 1.15. The van der Waals surface area contributed by atoms with Crippen LogP contribution in [0.5, 0.6) is 0 Å². The highest BCUT2D eigenvalue weighted by Crippen LogP contribution is 2.40. The highest BCUT2D eigenvalue weighted by Gasteiger charge is 2.21. The Morgan fingerprint density at radius 2 is 0.942 bits per heavy atom. The molecule has 0 fully saturated rings. The van der Waals surface area contributed by atoms with Crippen molar-refractivity contribution in [1.29, 1.82) is 0 Å². The van der Waals surface area contributed by atoms with Gasteiger partial charge in [-0.2, -0.15) is 0 Å². The highest BCUT2D eigenvalue weighted by atomic mass is 16.3. The molecule has 0 N–H and O–H groups in total. The van der Waals surface area contributed by atoms with Crippen molar-refractivity contribution in [3.05, 3.63) is 164 Å². The van der Waals surface area contributed by atoms with Crippen molar-refractivity contribution in [2.24, 2.45) is 0 Å². The molecule has 0 atom stereocenters. The van der Waals surface area contributed by atoms with Crippen LogP contribution in [0.4, 0.5) is 0 Å². The Kier molecular flexibility index (Phi) is 6.18. The number of hydrogen-bond donors (Lipinski definition) is 0. The zero-order valence-corrected chi connectivity index (χ0v) is 27.7. The summed E-state index contributed by atoms with van der Waals surface area (Å²) in [4.78, 5) is 15.6. The third-order valence-corrected chi connectivity index (χ3v) is 10.1. The smallest absolute Gasteiger partial charge is 0.167 e. The van der Waals surface area contributed by atoms with Gasteiger partial charge in [-0.05, 0) is 63.7 Å². The van der Waals surface area contributed by atoms with Crippen LogP contribution in [0.15, 0.2) is 173 Å². The van der Waals surface area contributed by atoms with Gasteiger partial charge in [0.2, 0.25) is 0 Å². The molecule has 0 unspecified atom stereocenters. The van der Waals surface area contributed by atoms with Gasteiger partial charge in [-0.1, -0.05) is 127 Å². The SMILES string of the molecule is c1ccc(-c2ccc3cc(-c4nc(-c5cccc6c5oc5c7ccccc7ccc65)nc(-c5cccc6oc7ccccc7c56)n4)ccc3c2)cc1. The fraction of sp³-hybridized carbons (Fsp3) is 0. The fourth-order valence-electron chi connectivity index (χ4n) is 7.60. The summed E-state index contributed by atoms with van der Waals surface area (Å²) >= 11 is 0. The number of rotatable bonds is 4. The zero-order chi connectivity index (χ0) is 34.2. The number of aromatic nitrogens is 3. The molecule has 0 amide bonds. The van der Waals surface area contributed by atoms with Gasteiger partial charge >= 0.3 is 0 Å². The summed E-state index contributed by atoms with van der Waals surface area (Å²) in [5.74, 6) is 1.69. The second kappa shape index (κ2) is 11.2. The Morgan fingerprint density at radius 3 is 1.83 bits per heavy atom. The summed E-state index contributed by atoms with van der Waals surface area (Å²) in [6.07, 6.45) is 0. The summed E-state index contributed by atoms with van der Waals surface area (Å²) < 4.78 is 13.0. The van der Waals surface area contributed by atoms with E-state index in [9.17, 15) is 0 Å². The van der Waals surface area contributed by atoms with Crippen LogP contribution in [0, 0.1) is 0 Å². The molecule has 3 aromatic heterocycles. The summed E-state index contributed by atoms with van der Waals surface area (Å²) in [5.41, 5.74) is 8.16. The van der Waals surface area contributed by atoms with Gasteiger partial charge in [0, 0.05) is 38.1 Å². The van der Waals surface area contributed by atoms with E-state index in [0.717, 1.165) is 82.1 Å². The molecule has 5 nitrogen and oxygen atoms in total. The van der Waals surface area contributed by atoms with Gasteiger partial charge in [-0.25, -0.2) is 15.0 Å². The number of furan rings is 2. The van der Waals surface area contributed by atoms with Crippen LogP contribution in [0.2, 0.25) is 0 Å². The second-order valence-electron chi connectivity index (χ2n) is 13.2. The van der Waals surface area contributed by atoms with Crippen molar-refractivity contribution >= 4 is 65.4 Å². The van der Waals surface area contributed by atoms with Crippen molar-refractivity contribution < 1.29 is 8.83 Å². The minimum absolute atomic E-state index is 0.540. The first-order valence-electron chi connectivity index (χ1n) is 17.3. The van der Waals surface area contributed by atoms with Crippen LogP contribution in [0.1, 0.15) is 0 Å². The lowest BCUT2D eigenvalue weighted by atomic mass is 10.00. The molecule has 0 radical (unpaired) electrons. The minimum Gasteiger partial charge on any atom is -0.456 e. The topological polar surface area (TPSA) is 65.0 Å². The molecule has 0 bridgehead atoms. The van der Waals surface area contributed by atoms with Gasteiger partial charge in [0.25, 0.3) is 0 Å². The summed E-state index contributed by atoms with van der Waals surface area (Å²) in [5, 5.41) is 8.53. The minimum atomic E-state index is 0.540. The van der Waals surface area contributed by atoms with E-state index in [1.807, 2.05) is 48.5 Å². The number of nitrogens with zero attached hydrogens (tertiary/aromatic N) is 3. The van der Waals surface area contributed by atoms with E-state index in [4.69, 9.17) is 23.8 Å². The van der Waals surface area contributed by atoms with Crippen molar-refractivity contribution in [2.45, 2.75) is 0 Å². The molecule has 8 aromatic carbocycles. The Morgan fingerprint density at radius 1 is 0.327 bits per heavy atom. The van der Waals surface area contributed by atoms with Crippen molar-refractivity contribution in [1.82, 2.24) is 15.0 Å². The molecule has 0 aliphatic heterocycles. The quantitative estimate of drug-likeness (QED) is 0.187. The van der Waals surface area contributed by atoms with E-state index in [-0.39, 0.29) is 0 Å². The standard InChI is InChI=1S/C47H27N3O2/c1-2-10-28(11-3-1)30-20-21-32-27-33(23-22-31(32)26-30)45-48-46(38-16-9-19-41-42(38)37-14-6-7-18-40(37)51-41)50-47(49-45)39-17-8-15-35-36-25-24-29-12-4-5-13-34(29)43(36)52-44(35)39/h1-27H. The Bertz CT molecular complexity index is 3190. The maximum atomic E-state index is 6.75. The molecular formula is C47H27N3O2. The van der Waals surface area contributed by atoms with Gasteiger partial charge in [0.05, 0.1) is 5.56 Å². The number of benzene rings is 8. The largest absolute Gasteiger partial charge is 0.456 e. The molecule has 0 aliphatic carbocycles. The molecule has 5 heteroatoms. The van der Waals surface area contributed by atoms with Crippen LogP contribution >= 0.6 is 0 Å². The van der Waals surface area contributed by atoms with Crippen molar-refractivity contribution in [2.75, 3.05) is 0 Å². The van der Waals surface area contributed by atoms with E-state index in [1.165, 1.54) is 11.1 Å². The summed E-state index contributed by atoms with van der Waals surface area (Å²) in [7, 11) is 0. The van der Waals surface area contributed by atoms with E-state index in [0.29, 0.717) is 17.5 Å². The molecule has 11 rings (SSSR count). The summed E-state index contributed by atoms with van der Waals surface area (Å²) in [6, 6.07) is 56.4. The third-order valence-electron chi connectivity index (χ3n) is 10.1. The monoisotopic (exact) mass is 665 g/mol. The maximum absolute atomic E-state index is 6.75. The van der Waals surface area contributed by atoms with Crippen LogP contribution in [-0.2, 0) is 0 Å². The van der Waals surface area contributed by atoms with Crippen molar-refractivity contribution in [3.8, 4) is 45.3 Å². The van der Waals surface area contributed by atoms with E-state index in [1.54, 1.807) is 0 Å². The molecule has 242 valence electrons. The van der Waals surface area contributed by atoms with Gasteiger partial charge in [-0.15, -0.1) is 0 Å². The molecule has 0 aliphatic rings. The lowest BCUT2D eigenvalue weighted by molar-refractivity contribution is 0.669. The first-order valence-corrected chi connectivity index (χ1v) is 17.3. The van der Waals surface area contributed by atoms with Crippen LogP contribution in [-0.4, -0.2) is 15.0 Å². The molecule has 0 saturated carbocycles. The van der Waals surface area contributed by atoms with Gasteiger partial charge in [0.1, 0.15) is 22.3 Å². The first kappa shape index (κ1) is 28.7. The Labute approximate surface area is 297 Å². The molecule has 11 aromatic rings. The normalized spacial score (nSPS) is 11.8. The molecular weight excluding hydrogens is 639 g/mol. The predicted molar refractivity (Wildman–Crippen MR) is 211 cm³/mol. The first-order chi connectivity index (χ1) is 25.7. The third kappa shape index (κ3) is 4.46. The average molecular weight is 666 g/mol. The number of para-hydroxylation sites is 2. The van der Waals surface area contributed by atoms with Crippen molar-refractivity contribution in [3.63, 3.8) is 0 Å². The average Bonchev–Trinajstić information content (AvgIpc) is 3.80. The molecule has 52 heavy (non-hydrogen) atoms. The lowest BCUT2D eigenvalue weighted by Crippen LogP contribution is -2.00. The predicted octanol–water partition coefficient (Wildman–Crippen LogP) is 12.6. The second-order valence-corrected chi connectivity index (χ2v) is 13.2. The number of fused-ring (bicyclic) bond motifs is 9. The van der Waals surface area contributed by atoms with E-state index < -0.39 is 0 Å². The molecule has 3 heterocycles. The van der Waals surface area contributed by atoms with Crippen LogP contribution in [0.3, 0.4) is 0 Å².